The zero-order valence-electron chi connectivity index (χ0n) is 16.7. The summed E-state index contributed by atoms with van der Waals surface area (Å²) in [4.78, 5) is 21.9. The molecule has 2 aromatic carbocycles. The maximum absolute atomic E-state index is 12.3. The molecule has 4 rings (SSSR count). The number of hydrogen-bond acceptors (Lipinski definition) is 6. The summed E-state index contributed by atoms with van der Waals surface area (Å²) in [6, 6.07) is 14.5. The van der Waals surface area contributed by atoms with Gasteiger partial charge in [-0.1, -0.05) is 17.8 Å². The second kappa shape index (κ2) is 8.42. The standard InChI is InChI=1S/C21H20N6O2S/c1-13-14(2)24-20-22-12-23-27(20)19(13)30-18-9-7-15(8-10-18)25-21(28)26-16-5-4-6-17(11-16)29-3/h4-12H,1-3H3,(H2,25,26,28). The lowest BCUT2D eigenvalue weighted by Crippen LogP contribution is -2.19. The predicted octanol–water partition coefficient (Wildman–Crippen LogP) is 4.54. The molecule has 0 saturated heterocycles. The SMILES string of the molecule is COc1cccc(NC(=O)Nc2ccc(Sc3c(C)c(C)nc4ncnn34)cc2)c1. The van der Waals surface area contributed by atoms with E-state index in [2.05, 4.69) is 25.7 Å². The number of benzene rings is 2. The zero-order chi connectivity index (χ0) is 21.1. The number of rotatable bonds is 5. The van der Waals surface area contributed by atoms with Gasteiger partial charge in [-0.2, -0.15) is 14.6 Å². The van der Waals surface area contributed by atoms with E-state index in [1.807, 2.05) is 50.2 Å². The third-order valence-corrected chi connectivity index (χ3v) is 5.69. The molecule has 0 saturated carbocycles. The van der Waals surface area contributed by atoms with Crippen LogP contribution in [-0.2, 0) is 0 Å². The van der Waals surface area contributed by atoms with Crippen molar-refractivity contribution in [2.24, 2.45) is 0 Å². The van der Waals surface area contributed by atoms with Gasteiger partial charge in [0.05, 0.1) is 7.11 Å². The molecule has 8 nitrogen and oxygen atoms in total. The molecule has 0 radical (unpaired) electrons. The number of carbonyl (C=O) groups is 1. The predicted molar refractivity (Wildman–Crippen MR) is 116 cm³/mol. The van der Waals surface area contributed by atoms with E-state index in [-0.39, 0.29) is 6.03 Å². The molecule has 0 aliphatic heterocycles. The molecule has 2 amide bonds. The Bertz CT molecular complexity index is 1210. The van der Waals surface area contributed by atoms with E-state index in [9.17, 15) is 4.79 Å². The molecule has 30 heavy (non-hydrogen) atoms. The smallest absolute Gasteiger partial charge is 0.323 e. The van der Waals surface area contributed by atoms with Gasteiger partial charge in [0.1, 0.15) is 17.1 Å². The fourth-order valence-corrected chi connectivity index (χ4v) is 3.85. The van der Waals surface area contributed by atoms with Crippen molar-refractivity contribution in [2.45, 2.75) is 23.8 Å². The van der Waals surface area contributed by atoms with Crippen molar-refractivity contribution in [3.05, 3.63) is 66.1 Å². The van der Waals surface area contributed by atoms with Crippen LogP contribution in [0.2, 0.25) is 0 Å². The molecule has 0 bridgehead atoms. The number of ether oxygens (including phenoxy) is 1. The summed E-state index contributed by atoms with van der Waals surface area (Å²) in [5, 5.41) is 10.9. The van der Waals surface area contributed by atoms with Crippen molar-refractivity contribution in [3.8, 4) is 5.75 Å². The van der Waals surface area contributed by atoms with E-state index in [1.54, 1.807) is 35.5 Å². The highest BCUT2D eigenvalue weighted by Gasteiger charge is 2.13. The third kappa shape index (κ3) is 4.20. The summed E-state index contributed by atoms with van der Waals surface area (Å²) < 4.78 is 6.90. The van der Waals surface area contributed by atoms with Gasteiger partial charge in [-0.3, -0.25) is 0 Å². The van der Waals surface area contributed by atoms with Crippen molar-refractivity contribution >= 4 is 34.9 Å². The second-order valence-electron chi connectivity index (χ2n) is 6.54. The molecule has 152 valence electrons. The number of hydrogen-bond donors (Lipinski definition) is 2. The summed E-state index contributed by atoms with van der Waals surface area (Å²) in [7, 11) is 1.58. The topological polar surface area (TPSA) is 93.4 Å². The van der Waals surface area contributed by atoms with Gasteiger partial charge in [0.15, 0.2) is 0 Å². The molecule has 9 heteroatoms. The molecule has 0 spiro atoms. The van der Waals surface area contributed by atoms with Gasteiger partial charge in [-0.05, 0) is 50.2 Å². The number of nitrogens with one attached hydrogen (secondary N) is 2. The van der Waals surface area contributed by atoms with Crippen molar-refractivity contribution < 1.29 is 9.53 Å². The lowest BCUT2D eigenvalue weighted by molar-refractivity contribution is 0.262. The fraction of sp³-hybridized carbons (Fsp3) is 0.143. The Hall–Kier alpha value is -3.59. The molecule has 0 unspecified atom stereocenters. The van der Waals surface area contributed by atoms with Crippen molar-refractivity contribution in [3.63, 3.8) is 0 Å². The van der Waals surface area contributed by atoms with Crippen LogP contribution in [0.1, 0.15) is 11.3 Å². The van der Waals surface area contributed by atoms with E-state index < -0.39 is 0 Å². The first-order valence-electron chi connectivity index (χ1n) is 9.20. The van der Waals surface area contributed by atoms with Crippen LogP contribution in [0.25, 0.3) is 5.78 Å². The van der Waals surface area contributed by atoms with E-state index in [4.69, 9.17) is 4.74 Å². The van der Waals surface area contributed by atoms with Gasteiger partial charge < -0.3 is 15.4 Å². The number of fused-ring (bicyclic) bond motifs is 1. The number of nitrogens with zero attached hydrogens (tertiary/aromatic N) is 4. The second-order valence-corrected chi connectivity index (χ2v) is 7.60. The van der Waals surface area contributed by atoms with Crippen LogP contribution in [0.3, 0.4) is 0 Å². The third-order valence-electron chi connectivity index (χ3n) is 4.51. The largest absolute Gasteiger partial charge is 0.497 e. The van der Waals surface area contributed by atoms with Gasteiger partial charge in [0, 0.05) is 33.6 Å². The molecule has 0 fully saturated rings. The maximum atomic E-state index is 12.3. The van der Waals surface area contributed by atoms with Crippen LogP contribution < -0.4 is 15.4 Å². The Kier molecular flexibility index (Phi) is 5.53. The maximum Gasteiger partial charge on any atom is 0.323 e. The number of methoxy groups -OCH3 is 1. The van der Waals surface area contributed by atoms with E-state index >= 15 is 0 Å². The number of carbonyl (C=O) groups excluding carboxylic acids is 1. The molecule has 2 aromatic heterocycles. The highest BCUT2D eigenvalue weighted by atomic mass is 32.2. The highest BCUT2D eigenvalue weighted by molar-refractivity contribution is 7.99. The molecule has 2 heterocycles. The van der Waals surface area contributed by atoms with E-state index in [0.29, 0.717) is 22.9 Å². The molecule has 4 aromatic rings. The quantitative estimate of drug-likeness (QED) is 0.460. The monoisotopic (exact) mass is 420 g/mol. The minimum absolute atomic E-state index is 0.325. The average molecular weight is 420 g/mol. The van der Waals surface area contributed by atoms with Crippen LogP contribution in [0.5, 0.6) is 5.75 Å². The van der Waals surface area contributed by atoms with Crippen LogP contribution in [0.15, 0.2) is 64.8 Å². The lowest BCUT2D eigenvalue weighted by atomic mass is 10.3. The summed E-state index contributed by atoms with van der Waals surface area (Å²) in [5.74, 6) is 1.26. The van der Waals surface area contributed by atoms with Crippen molar-refractivity contribution in [1.82, 2.24) is 19.6 Å². The minimum atomic E-state index is -0.325. The van der Waals surface area contributed by atoms with Gasteiger partial charge in [-0.25, -0.2) is 9.78 Å². The number of amides is 2. The normalized spacial score (nSPS) is 10.8. The summed E-state index contributed by atoms with van der Waals surface area (Å²) in [6.07, 6.45) is 1.50. The fourth-order valence-electron chi connectivity index (χ4n) is 2.83. The average Bonchev–Trinajstić information content (AvgIpc) is 3.20. The molecule has 2 N–H and O–H groups in total. The Morgan fingerprint density at radius 1 is 1.07 bits per heavy atom. The van der Waals surface area contributed by atoms with Crippen molar-refractivity contribution in [2.75, 3.05) is 17.7 Å². The molecular weight excluding hydrogens is 400 g/mol. The molecular formula is C21H20N6O2S. The Labute approximate surface area is 177 Å². The Balaban J connectivity index is 1.45. The van der Waals surface area contributed by atoms with Crippen LogP contribution in [0, 0.1) is 13.8 Å². The number of aromatic nitrogens is 4. The summed E-state index contributed by atoms with van der Waals surface area (Å²) in [5.41, 5.74) is 3.32. The van der Waals surface area contributed by atoms with Crippen molar-refractivity contribution in [1.29, 1.82) is 0 Å². The molecule has 0 aliphatic carbocycles. The molecule has 0 aliphatic rings. The lowest BCUT2D eigenvalue weighted by Gasteiger charge is -2.11. The Morgan fingerprint density at radius 3 is 2.60 bits per heavy atom. The highest BCUT2D eigenvalue weighted by Crippen LogP contribution is 2.31. The van der Waals surface area contributed by atoms with E-state index in [1.165, 1.54) is 6.33 Å². The first-order valence-corrected chi connectivity index (χ1v) is 10.0. The number of aryl methyl sites for hydroxylation is 1. The van der Waals surface area contributed by atoms with Gasteiger partial charge in [0.25, 0.3) is 5.78 Å². The number of urea groups is 1. The van der Waals surface area contributed by atoms with Crippen LogP contribution in [-0.4, -0.2) is 32.7 Å². The summed E-state index contributed by atoms with van der Waals surface area (Å²) >= 11 is 1.58. The van der Waals surface area contributed by atoms with Gasteiger partial charge in [0.2, 0.25) is 0 Å². The first kappa shape index (κ1) is 19.7. The van der Waals surface area contributed by atoms with Gasteiger partial charge in [-0.15, -0.1) is 0 Å². The first-order chi connectivity index (χ1) is 14.5. The zero-order valence-corrected chi connectivity index (χ0v) is 17.5. The Morgan fingerprint density at radius 2 is 1.83 bits per heavy atom. The van der Waals surface area contributed by atoms with E-state index in [0.717, 1.165) is 21.2 Å². The van der Waals surface area contributed by atoms with Crippen LogP contribution in [0.4, 0.5) is 16.2 Å². The molecule has 0 atom stereocenters. The summed E-state index contributed by atoms with van der Waals surface area (Å²) in [6.45, 7) is 3.98. The number of anilines is 2. The minimum Gasteiger partial charge on any atom is -0.497 e. The van der Waals surface area contributed by atoms with Crippen LogP contribution >= 0.6 is 11.8 Å². The van der Waals surface area contributed by atoms with Gasteiger partial charge >= 0.3 is 6.03 Å².